The molecule has 2 saturated carbocycles. The average molecular weight is 932 g/mol. The second-order valence-electron chi connectivity index (χ2n) is 20.4. The number of fused-ring (bicyclic) bond motifs is 2. The number of nitro benzene ring substituents is 1. The number of nitrogens with zero attached hydrogens (tertiary/aromatic N) is 4. The Balaban J connectivity index is 0.845. The number of nitrogens with one attached hydrogen (secondary N) is 3. The number of amides is 1. The van der Waals surface area contributed by atoms with Gasteiger partial charge in [-0.1, -0.05) is 38.1 Å². The highest BCUT2D eigenvalue weighted by Gasteiger charge is 2.50. The van der Waals surface area contributed by atoms with Crippen molar-refractivity contribution in [3.63, 3.8) is 0 Å². The minimum absolute atomic E-state index is 0.0306. The van der Waals surface area contributed by atoms with E-state index >= 15 is 0 Å². The number of H-pyrrole nitrogens is 1. The van der Waals surface area contributed by atoms with E-state index in [-0.39, 0.29) is 34.8 Å². The number of hydrogen-bond donors (Lipinski definition) is 4. The summed E-state index contributed by atoms with van der Waals surface area (Å²) < 4.78 is 42.7. The molecule has 2 aliphatic carbocycles. The van der Waals surface area contributed by atoms with E-state index in [0.29, 0.717) is 60.6 Å². The second kappa shape index (κ2) is 17.7. The summed E-state index contributed by atoms with van der Waals surface area (Å²) in [5.41, 5.74) is 3.68. The van der Waals surface area contributed by atoms with E-state index < -0.39 is 37.0 Å². The van der Waals surface area contributed by atoms with Gasteiger partial charge in [-0.25, -0.2) is 18.1 Å². The first kappa shape index (κ1) is 45.1. The lowest BCUT2D eigenvalue weighted by molar-refractivity contribution is -0.386. The zero-order chi connectivity index (χ0) is 46.7. The fourth-order valence-electron chi connectivity index (χ4n) is 11.6. The van der Waals surface area contributed by atoms with Gasteiger partial charge in [-0.05, 0) is 143 Å². The number of aromatic amines is 1. The number of nitro groups is 1. The van der Waals surface area contributed by atoms with Crippen LogP contribution >= 0.6 is 0 Å². The van der Waals surface area contributed by atoms with E-state index in [4.69, 9.17) is 9.47 Å². The predicted molar refractivity (Wildman–Crippen MR) is 257 cm³/mol. The molecular weight excluding hydrogens is 871 g/mol. The molecule has 5 aliphatic rings. The van der Waals surface area contributed by atoms with Gasteiger partial charge in [-0.2, -0.15) is 0 Å². The Bertz CT molecular complexity index is 2780. The predicted octanol–water partition coefficient (Wildman–Crippen LogP) is 9.60. The molecule has 67 heavy (non-hydrogen) atoms. The van der Waals surface area contributed by atoms with Crippen molar-refractivity contribution < 1.29 is 32.7 Å². The zero-order valence-electron chi connectivity index (χ0n) is 38.5. The van der Waals surface area contributed by atoms with Crippen molar-refractivity contribution in [2.75, 3.05) is 36.4 Å². The van der Waals surface area contributed by atoms with E-state index in [1.54, 1.807) is 30.6 Å². The molecule has 354 valence electrons. The molecule has 3 aromatic carbocycles. The van der Waals surface area contributed by atoms with E-state index in [0.717, 1.165) is 62.5 Å². The summed E-state index contributed by atoms with van der Waals surface area (Å²) in [4.78, 5) is 38.0. The minimum Gasteiger partial charge on any atom is -0.480 e. The van der Waals surface area contributed by atoms with Crippen LogP contribution in [0.25, 0.3) is 11.0 Å². The summed E-state index contributed by atoms with van der Waals surface area (Å²) in [6.07, 6.45) is 13.5. The lowest BCUT2D eigenvalue weighted by Crippen LogP contribution is -2.54. The first-order chi connectivity index (χ1) is 32.1. The molecule has 2 atom stereocenters. The molecule has 5 aromatic rings. The maximum absolute atomic E-state index is 14.1. The lowest BCUT2D eigenvalue weighted by Gasteiger charge is -2.56. The number of sulfonamides is 1. The van der Waals surface area contributed by atoms with Crippen LogP contribution in [0.15, 0.2) is 84.0 Å². The summed E-state index contributed by atoms with van der Waals surface area (Å²) in [5.74, 6) is 0.288. The smallest absolute Gasteiger partial charge is 0.314 e. The molecule has 0 radical (unpaired) electrons. The van der Waals surface area contributed by atoms with Gasteiger partial charge in [-0.15, -0.1) is 0 Å². The monoisotopic (exact) mass is 931 g/mol. The highest BCUT2D eigenvalue weighted by molar-refractivity contribution is 7.90. The van der Waals surface area contributed by atoms with E-state index in [9.17, 15) is 28.4 Å². The summed E-state index contributed by atoms with van der Waals surface area (Å²) in [6, 6.07) is 21.1. The van der Waals surface area contributed by atoms with Crippen molar-refractivity contribution in [3.05, 3.63) is 106 Å². The minimum atomic E-state index is -4.64. The van der Waals surface area contributed by atoms with Crippen molar-refractivity contribution in [2.24, 2.45) is 11.3 Å². The molecule has 2 aromatic heterocycles. The van der Waals surface area contributed by atoms with E-state index in [1.165, 1.54) is 42.9 Å². The Morgan fingerprint density at radius 3 is 2.57 bits per heavy atom. The molecule has 4 fully saturated rings. The van der Waals surface area contributed by atoms with Gasteiger partial charge in [0.15, 0.2) is 0 Å². The van der Waals surface area contributed by atoms with Gasteiger partial charge >= 0.3 is 5.69 Å². The largest absolute Gasteiger partial charge is 0.480 e. The number of ether oxygens (including phenoxy) is 2. The van der Waals surface area contributed by atoms with Gasteiger partial charge in [-0.3, -0.25) is 19.8 Å². The number of rotatable bonds is 12. The highest BCUT2D eigenvalue weighted by Crippen LogP contribution is 2.54. The van der Waals surface area contributed by atoms with Crippen LogP contribution in [0.2, 0.25) is 0 Å². The number of benzene rings is 3. The lowest BCUT2D eigenvalue weighted by atomic mass is 9.59. The van der Waals surface area contributed by atoms with Crippen LogP contribution in [-0.2, 0) is 10.0 Å². The van der Waals surface area contributed by atoms with Crippen molar-refractivity contribution in [2.45, 2.75) is 126 Å². The normalized spacial score (nSPS) is 24.2. The third-order valence-electron chi connectivity index (χ3n) is 15.4. The number of carbonyl (C=O) groups excluding carboxylic acids is 1. The summed E-state index contributed by atoms with van der Waals surface area (Å²) in [5, 5.41) is 26.7. The molecule has 0 unspecified atom stereocenters. The summed E-state index contributed by atoms with van der Waals surface area (Å²) in [6.45, 7) is 9.54. The third kappa shape index (κ3) is 9.19. The van der Waals surface area contributed by atoms with Gasteiger partial charge in [0.05, 0.1) is 39.4 Å². The van der Waals surface area contributed by atoms with Crippen LogP contribution in [0.3, 0.4) is 0 Å². The van der Waals surface area contributed by atoms with E-state index in [1.807, 2.05) is 19.1 Å². The molecule has 4 N–H and O–H groups in total. The fourth-order valence-corrected chi connectivity index (χ4v) is 12.7. The Kier molecular flexibility index (Phi) is 11.9. The quantitative estimate of drug-likeness (QED) is 0.0685. The maximum Gasteiger partial charge on any atom is 0.314 e. The van der Waals surface area contributed by atoms with Crippen LogP contribution in [0.4, 0.5) is 17.1 Å². The van der Waals surface area contributed by atoms with Crippen molar-refractivity contribution >= 4 is 44.0 Å². The SMILES string of the molecule is CC(C)c1ccccc1[C@@H]1CCCN1C1CC2(CCN(c3ccc(C(=O)NS(=O)(=O)c4cc5c(c([N+](=O)[O-])c4)O[C@@H](C[C@H]4CC[C@](C)(O)CC4)CN5)c(Oc4cnc5[nH]ccc5c4)c3)CC2)C1. The van der Waals surface area contributed by atoms with Crippen molar-refractivity contribution in [1.82, 2.24) is 19.6 Å². The van der Waals surface area contributed by atoms with Gasteiger partial charge in [0.1, 0.15) is 23.3 Å². The second-order valence-corrected chi connectivity index (χ2v) is 22.1. The molecule has 10 rings (SSSR count). The van der Waals surface area contributed by atoms with Crippen molar-refractivity contribution in [3.8, 4) is 17.2 Å². The van der Waals surface area contributed by atoms with Crippen molar-refractivity contribution in [1.29, 1.82) is 0 Å². The number of likely N-dealkylation sites (tertiary alicyclic amines) is 1. The molecule has 15 nitrogen and oxygen atoms in total. The van der Waals surface area contributed by atoms with Crippen LogP contribution in [-0.4, -0.2) is 83.1 Å². The number of hydrogen-bond acceptors (Lipinski definition) is 12. The number of anilines is 2. The van der Waals surface area contributed by atoms with Gasteiger partial charge < -0.3 is 29.8 Å². The number of pyridine rings is 1. The Morgan fingerprint density at radius 2 is 1.81 bits per heavy atom. The van der Waals surface area contributed by atoms with E-state index in [2.05, 4.69) is 67.9 Å². The maximum atomic E-state index is 14.1. The summed E-state index contributed by atoms with van der Waals surface area (Å²) in [7, 11) is -4.64. The Hall–Kier alpha value is -5.71. The molecule has 2 saturated heterocycles. The molecule has 1 spiro atoms. The molecular formula is C51H61N7O8S. The Morgan fingerprint density at radius 1 is 1.03 bits per heavy atom. The average Bonchev–Trinajstić information content (AvgIpc) is 3.98. The summed E-state index contributed by atoms with van der Waals surface area (Å²) >= 11 is 0. The standard InChI is InChI=1S/C51H61N7O8S/c1-32(2)40-7-4-5-8-41(40)44-9-6-20-57(44)36-28-51(29-36)17-21-56(22-18-51)35-10-11-42(46(25-35)65-38-24-34-14-19-52-48(34)54-31-38)49(59)55-67(63,64)39-26-43-47(45(27-39)58(61)62)66-37(30-53-43)23-33-12-15-50(3,60)16-13-33/h4-5,7-8,10-11,14,19,24-27,31-33,36-37,44,53,60H,6,9,12-13,15-18,20-23,28-30H2,1-3H3,(H,52,54)(H,55,59)/t33-,37-,44-,50-/m0/s1. The van der Waals surface area contributed by atoms with Crippen LogP contribution in [0.5, 0.6) is 17.2 Å². The highest BCUT2D eigenvalue weighted by atomic mass is 32.2. The number of carbonyl (C=O) groups is 1. The molecule has 5 heterocycles. The third-order valence-corrected chi connectivity index (χ3v) is 16.8. The molecule has 1 amide bonds. The van der Waals surface area contributed by atoms with Gasteiger partial charge in [0, 0.05) is 54.6 Å². The fraction of sp³-hybridized carbons (Fsp3) is 0.490. The first-order valence-electron chi connectivity index (χ1n) is 24.0. The van der Waals surface area contributed by atoms with Crippen LogP contribution < -0.4 is 24.4 Å². The first-order valence-corrected chi connectivity index (χ1v) is 25.5. The van der Waals surface area contributed by atoms with Crippen LogP contribution in [0.1, 0.15) is 125 Å². The molecule has 3 aliphatic heterocycles. The topological polar surface area (TPSA) is 192 Å². The number of aromatic nitrogens is 2. The van der Waals surface area contributed by atoms with Gasteiger partial charge in [0.2, 0.25) is 5.75 Å². The molecule has 0 bridgehead atoms. The van der Waals surface area contributed by atoms with Gasteiger partial charge in [0.25, 0.3) is 15.9 Å². The molecule has 16 heteroatoms. The number of aliphatic hydroxyl groups is 1. The Labute approximate surface area is 391 Å². The number of piperidine rings is 1. The van der Waals surface area contributed by atoms with Crippen LogP contribution in [0, 0.1) is 21.4 Å². The zero-order valence-corrected chi connectivity index (χ0v) is 39.3.